The minimum Gasteiger partial charge on any atom is -0.269 e. The molecule has 3 aromatic rings. The summed E-state index contributed by atoms with van der Waals surface area (Å²) < 4.78 is 37.7. The second kappa shape index (κ2) is 6.17. The fourth-order valence-electron chi connectivity index (χ4n) is 2.41. The Hall–Kier alpha value is -2.38. The number of rotatable bonds is 3. The second-order valence-electron chi connectivity index (χ2n) is 4.80. The van der Waals surface area contributed by atoms with Gasteiger partial charge < -0.3 is 0 Å². The Labute approximate surface area is 128 Å². The van der Waals surface area contributed by atoms with Crippen LogP contribution >= 0.6 is 8.46 Å². The molecule has 3 rings (SSSR count). The van der Waals surface area contributed by atoms with E-state index in [4.69, 9.17) is 0 Å². The molecule has 22 heavy (non-hydrogen) atoms. The summed E-state index contributed by atoms with van der Waals surface area (Å²) in [6.45, 7) is 0. The smallest absolute Gasteiger partial charge is 0.192 e. The number of benzene rings is 3. The third kappa shape index (κ3) is 2.81. The van der Waals surface area contributed by atoms with Gasteiger partial charge in [0.2, 0.25) is 0 Å². The number of hydrogen-bond donors (Lipinski definition) is 0. The van der Waals surface area contributed by atoms with Crippen molar-refractivity contribution in [2.75, 3.05) is 0 Å². The highest BCUT2D eigenvalue weighted by Gasteiger charge is 2.13. The van der Waals surface area contributed by atoms with Crippen LogP contribution in [0, 0.1) is 11.6 Å². The van der Waals surface area contributed by atoms with Crippen molar-refractivity contribution in [2.45, 2.75) is 0 Å². The summed E-state index contributed by atoms with van der Waals surface area (Å²) >= 11 is 0. The molecule has 0 fully saturated rings. The fraction of sp³-hybridized carbons (Fsp3) is 0. The van der Waals surface area contributed by atoms with Crippen LogP contribution < -0.4 is 5.30 Å². The zero-order chi connectivity index (χ0) is 15.5. The molecule has 0 unspecified atom stereocenters. The topological polar surface area (TPSA) is 17.1 Å². The number of halogens is 2. The summed E-state index contributed by atoms with van der Waals surface area (Å²) in [6.07, 6.45) is 0. The van der Waals surface area contributed by atoms with E-state index < -0.39 is 0 Å². The highest BCUT2D eigenvalue weighted by molar-refractivity contribution is 7.34. The van der Waals surface area contributed by atoms with Crippen molar-refractivity contribution < 1.29 is 13.3 Å². The maximum Gasteiger partial charge on any atom is 0.192 e. The Balaban J connectivity index is 2.24. The first-order valence-electron chi connectivity index (χ1n) is 6.67. The average Bonchev–Trinajstić information content (AvgIpc) is 2.56. The van der Waals surface area contributed by atoms with Crippen molar-refractivity contribution in [1.29, 1.82) is 0 Å². The molecule has 0 bridgehead atoms. The Bertz CT molecular complexity index is 811. The molecule has 0 aliphatic rings. The summed E-state index contributed by atoms with van der Waals surface area (Å²) in [5.41, 5.74) is 3.16. The van der Waals surface area contributed by atoms with E-state index in [1.165, 1.54) is 24.3 Å². The monoisotopic (exact) mass is 312 g/mol. The SMILES string of the molecule is O=Pc1cccc(-c2ccc(F)cc2)c1-c1ccc(F)cc1. The van der Waals surface area contributed by atoms with Crippen LogP contribution in [0.25, 0.3) is 22.3 Å². The van der Waals surface area contributed by atoms with Crippen LogP contribution in [0.5, 0.6) is 0 Å². The molecule has 0 aliphatic heterocycles. The normalized spacial score (nSPS) is 10.8. The molecule has 0 saturated carbocycles. The molecule has 108 valence electrons. The standard InChI is InChI=1S/C18H11F2OP/c19-14-8-4-12(5-9-14)16-2-1-3-17(22-21)18(16)13-6-10-15(20)11-7-13/h1-11H. The van der Waals surface area contributed by atoms with Crippen LogP contribution in [-0.4, -0.2) is 0 Å². The fourth-order valence-corrected chi connectivity index (χ4v) is 2.89. The van der Waals surface area contributed by atoms with E-state index in [9.17, 15) is 13.3 Å². The van der Waals surface area contributed by atoms with E-state index in [1.54, 1.807) is 36.4 Å². The summed E-state index contributed by atoms with van der Waals surface area (Å²) in [5, 5.41) is 0.605. The van der Waals surface area contributed by atoms with Crippen LogP contribution in [0.2, 0.25) is 0 Å². The van der Waals surface area contributed by atoms with Gasteiger partial charge in [0.05, 0.1) is 5.30 Å². The first kappa shape index (κ1) is 14.6. The van der Waals surface area contributed by atoms with Gasteiger partial charge in [-0.2, -0.15) is 0 Å². The molecule has 0 N–H and O–H groups in total. The quantitative estimate of drug-likeness (QED) is 0.606. The van der Waals surface area contributed by atoms with Crippen LogP contribution in [0.15, 0.2) is 66.7 Å². The zero-order valence-electron chi connectivity index (χ0n) is 11.5. The lowest BCUT2D eigenvalue weighted by Crippen LogP contribution is -2.00. The molecule has 3 aromatic carbocycles. The van der Waals surface area contributed by atoms with E-state index in [2.05, 4.69) is 0 Å². The van der Waals surface area contributed by atoms with Crippen molar-refractivity contribution in [2.24, 2.45) is 0 Å². The van der Waals surface area contributed by atoms with Crippen LogP contribution in [0.3, 0.4) is 0 Å². The molecule has 0 saturated heterocycles. The molecule has 0 spiro atoms. The van der Waals surface area contributed by atoms with Gasteiger partial charge in [-0.1, -0.05) is 36.4 Å². The largest absolute Gasteiger partial charge is 0.269 e. The lowest BCUT2D eigenvalue weighted by molar-refractivity contribution is 0.603. The van der Waals surface area contributed by atoms with Gasteiger partial charge in [-0.25, -0.2) is 8.78 Å². The van der Waals surface area contributed by atoms with Crippen molar-refractivity contribution in [3.8, 4) is 22.3 Å². The lowest BCUT2D eigenvalue weighted by atomic mass is 9.94. The molecule has 1 nitrogen and oxygen atoms in total. The van der Waals surface area contributed by atoms with Gasteiger partial charge in [0.25, 0.3) is 0 Å². The van der Waals surface area contributed by atoms with Crippen LogP contribution in [0.1, 0.15) is 0 Å². The predicted molar refractivity (Wildman–Crippen MR) is 84.5 cm³/mol. The molecular formula is C18H11F2OP. The molecule has 0 heterocycles. The highest BCUT2D eigenvalue weighted by atomic mass is 31.1. The molecule has 0 aliphatic carbocycles. The van der Waals surface area contributed by atoms with Crippen LogP contribution in [0.4, 0.5) is 8.78 Å². The number of hydrogen-bond acceptors (Lipinski definition) is 1. The van der Waals surface area contributed by atoms with Crippen LogP contribution in [-0.2, 0) is 4.57 Å². The summed E-state index contributed by atoms with van der Waals surface area (Å²) in [6, 6.07) is 17.5. The van der Waals surface area contributed by atoms with Gasteiger partial charge in [0.1, 0.15) is 11.6 Å². The van der Waals surface area contributed by atoms with Gasteiger partial charge in [-0.3, -0.25) is 4.57 Å². The van der Waals surface area contributed by atoms with E-state index in [0.717, 1.165) is 22.3 Å². The highest BCUT2D eigenvalue weighted by Crippen LogP contribution is 2.32. The zero-order valence-corrected chi connectivity index (χ0v) is 12.4. The Morgan fingerprint density at radius 2 is 1.23 bits per heavy atom. The Morgan fingerprint density at radius 3 is 1.77 bits per heavy atom. The van der Waals surface area contributed by atoms with Crippen molar-refractivity contribution in [1.82, 2.24) is 0 Å². The molecule has 0 atom stereocenters. The van der Waals surface area contributed by atoms with E-state index in [1.807, 2.05) is 6.07 Å². The Kier molecular flexibility index (Phi) is 4.08. The lowest BCUT2D eigenvalue weighted by Gasteiger charge is -2.12. The summed E-state index contributed by atoms with van der Waals surface area (Å²) in [7, 11) is -0.119. The first-order valence-corrected chi connectivity index (χ1v) is 7.48. The summed E-state index contributed by atoms with van der Waals surface area (Å²) in [4.78, 5) is 0. The minimum atomic E-state index is -0.329. The molecule has 0 radical (unpaired) electrons. The predicted octanol–water partition coefficient (Wildman–Crippen LogP) is 5.22. The van der Waals surface area contributed by atoms with Crippen molar-refractivity contribution in [3.05, 3.63) is 78.4 Å². The second-order valence-corrected chi connectivity index (χ2v) is 5.47. The molecular weight excluding hydrogens is 301 g/mol. The maximum atomic E-state index is 13.1. The third-order valence-electron chi connectivity index (χ3n) is 3.43. The minimum absolute atomic E-state index is 0.119. The van der Waals surface area contributed by atoms with E-state index in [0.29, 0.717) is 5.30 Å². The Morgan fingerprint density at radius 1 is 0.682 bits per heavy atom. The van der Waals surface area contributed by atoms with Gasteiger partial charge in [0.15, 0.2) is 8.46 Å². The van der Waals surface area contributed by atoms with Gasteiger partial charge >= 0.3 is 0 Å². The van der Waals surface area contributed by atoms with Crippen molar-refractivity contribution >= 4 is 13.8 Å². The third-order valence-corrected chi connectivity index (χ3v) is 4.00. The average molecular weight is 312 g/mol. The first-order chi connectivity index (χ1) is 10.7. The van der Waals surface area contributed by atoms with Gasteiger partial charge in [-0.15, -0.1) is 0 Å². The van der Waals surface area contributed by atoms with Gasteiger partial charge in [0, 0.05) is 5.56 Å². The maximum absolute atomic E-state index is 13.1. The van der Waals surface area contributed by atoms with Gasteiger partial charge in [-0.05, 0) is 47.0 Å². The van der Waals surface area contributed by atoms with E-state index in [-0.39, 0.29) is 20.1 Å². The molecule has 0 amide bonds. The molecule has 0 aromatic heterocycles. The molecule has 4 heteroatoms. The van der Waals surface area contributed by atoms with E-state index >= 15 is 0 Å². The summed E-state index contributed by atoms with van der Waals surface area (Å²) in [5.74, 6) is -0.644. The van der Waals surface area contributed by atoms with Crippen molar-refractivity contribution in [3.63, 3.8) is 0 Å².